The van der Waals surface area contributed by atoms with Crippen molar-refractivity contribution in [3.05, 3.63) is 59.7 Å². The summed E-state index contributed by atoms with van der Waals surface area (Å²) >= 11 is 1.82. The second kappa shape index (κ2) is 5.59. The van der Waals surface area contributed by atoms with E-state index in [-0.39, 0.29) is 5.56 Å². The first kappa shape index (κ1) is 13.1. The predicted octanol–water partition coefficient (Wildman–Crippen LogP) is 3.48. The highest BCUT2D eigenvalue weighted by Gasteiger charge is 2.22. The van der Waals surface area contributed by atoms with E-state index in [9.17, 15) is 4.79 Å². The molecule has 3 rings (SSSR count). The van der Waals surface area contributed by atoms with Gasteiger partial charge in [0.05, 0.1) is 5.56 Å². The number of rotatable bonds is 4. The fraction of sp³-hybridized carbons (Fsp3) is 0.188. The highest BCUT2D eigenvalue weighted by molar-refractivity contribution is 8.00. The van der Waals surface area contributed by atoms with Gasteiger partial charge in [0.2, 0.25) is 0 Å². The first-order valence-electron chi connectivity index (χ1n) is 6.43. The van der Waals surface area contributed by atoms with Crippen LogP contribution in [-0.2, 0) is 6.42 Å². The third-order valence-corrected chi connectivity index (χ3v) is 4.52. The van der Waals surface area contributed by atoms with Crippen LogP contribution < -0.4 is 4.74 Å². The summed E-state index contributed by atoms with van der Waals surface area (Å²) in [6.07, 6.45) is 0.999. The number of fused-ring (bicyclic) bond motifs is 1. The summed E-state index contributed by atoms with van der Waals surface area (Å²) in [7, 11) is 0. The van der Waals surface area contributed by atoms with Gasteiger partial charge in [0.1, 0.15) is 12.4 Å². The molecule has 2 aromatic rings. The molecular weight excluding hydrogens is 272 g/mol. The van der Waals surface area contributed by atoms with Crippen molar-refractivity contribution >= 4 is 17.7 Å². The maximum atomic E-state index is 10.9. The first-order chi connectivity index (χ1) is 9.72. The van der Waals surface area contributed by atoms with Crippen molar-refractivity contribution in [2.24, 2.45) is 0 Å². The summed E-state index contributed by atoms with van der Waals surface area (Å²) in [5.74, 6) is -0.320. The molecule has 1 aliphatic heterocycles. The molecule has 1 aliphatic rings. The zero-order valence-corrected chi connectivity index (χ0v) is 11.6. The van der Waals surface area contributed by atoms with Crippen LogP contribution in [0.1, 0.15) is 15.9 Å². The fourth-order valence-corrected chi connectivity index (χ4v) is 3.47. The van der Waals surface area contributed by atoms with E-state index < -0.39 is 5.97 Å². The van der Waals surface area contributed by atoms with Gasteiger partial charge in [-0.05, 0) is 36.2 Å². The van der Waals surface area contributed by atoms with E-state index in [1.165, 1.54) is 10.5 Å². The number of carboxylic acid groups (broad SMARTS) is 1. The molecule has 0 saturated heterocycles. The van der Waals surface area contributed by atoms with Crippen molar-refractivity contribution in [1.82, 2.24) is 0 Å². The van der Waals surface area contributed by atoms with Gasteiger partial charge in [-0.25, -0.2) is 4.79 Å². The highest BCUT2D eigenvalue weighted by atomic mass is 32.2. The minimum atomic E-state index is -0.932. The van der Waals surface area contributed by atoms with E-state index in [0.29, 0.717) is 17.6 Å². The van der Waals surface area contributed by atoms with Crippen molar-refractivity contribution in [2.45, 2.75) is 16.6 Å². The number of benzene rings is 2. The van der Waals surface area contributed by atoms with Crippen molar-refractivity contribution in [2.75, 3.05) is 6.61 Å². The zero-order valence-electron chi connectivity index (χ0n) is 10.8. The van der Waals surface area contributed by atoms with Crippen LogP contribution in [0.4, 0.5) is 0 Å². The molecule has 20 heavy (non-hydrogen) atoms. The molecule has 0 saturated carbocycles. The number of thioether (sulfide) groups is 1. The summed E-state index contributed by atoms with van der Waals surface area (Å²) in [5, 5.41) is 9.34. The van der Waals surface area contributed by atoms with E-state index in [4.69, 9.17) is 9.84 Å². The smallest absolute Gasteiger partial charge is 0.335 e. The van der Waals surface area contributed by atoms with Crippen LogP contribution in [0.3, 0.4) is 0 Å². The third-order valence-electron chi connectivity index (χ3n) is 3.23. The summed E-state index contributed by atoms with van der Waals surface area (Å²) < 4.78 is 5.73. The molecular formula is C16H14O3S. The van der Waals surface area contributed by atoms with Crippen molar-refractivity contribution in [1.29, 1.82) is 0 Å². The van der Waals surface area contributed by atoms with Gasteiger partial charge in [0, 0.05) is 10.1 Å². The quantitative estimate of drug-likeness (QED) is 0.934. The molecule has 0 bridgehead atoms. The van der Waals surface area contributed by atoms with Crippen LogP contribution in [-0.4, -0.2) is 22.9 Å². The van der Waals surface area contributed by atoms with Gasteiger partial charge in [0.15, 0.2) is 0 Å². The zero-order chi connectivity index (χ0) is 13.9. The van der Waals surface area contributed by atoms with Gasteiger partial charge in [-0.3, -0.25) is 0 Å². The predicted molar refractivity (Wildman–Crippen MR) is 78.7 cm³/mol. The van der Waals surface area contributed by atoms with Gasteiger partial charge >= 0.3 is 5.97 Å². The van der Waals surface area contributed by atoms with Gasteiger partial charge in [-0.1, -0.05) is 24.3 Å². The lowest BCUT2D eigenvalue weighted by Crippen LogP contribution is -2.13. The number of ether oxygens (including phenoxy) is 1. The van der Waals surface area contributed by atoms with E-state index in [2.05, 4.69) is 18.2 Å². The SMILES string of the molecule is O=C(O)c1cccc(OCC2Cc3ccccc3S2)c1. The summed E-state index contributed by atoms with van der Waals surface area (Å²) in [6.45, 7) is 0.586. The minimum Gasteiger partial charge on any atom is -0.492 e. The van der Waals surface area contributed by atoms with Gasteiger partial charge in [0.25, 0.3) is 0 Å². The van der Waals surface area contributed by atoms with Crippen LogP contribution in [0.15, 0.2) is 53.4 Å². The van der Waals surface area contributed by atoms with Crippen LogP contribution in [0, 0.1) is 0 Å². The average Bonchev–Trinajstić information content (AvgIpc) is 2.88. The van der Waals surface area contributed by atoms with Gasteiger partial charge < -0.3 is 9.84 Å². The number of carboxylic acids is 1. The molecule has 0 amide bonds. The van der Waals surface area contributed by atoms with Crippen LogP contribution >= 0.6 is 11.8 Å². The molecule has 4 heteroatoms. The molecule has 3 nitrogen and oxygen atoms in total. The van der Waals surface area contributed by atoms with Crippen molar-refractivity contribution in [3.8, 4) is 5.75 Å². The molecule has 1 unspecified atom stereocenters. The number of hydrogen-bond donors (Lipinski definition) is 1. The van der Waals surface area contributed by atoms with Gasteiger partial charge in [-0.2, -0.15) is 0 Å². The van der Waals surface area contributed by atoms with Crippen LogP contribution in [0.2, 0.25) is 0 Å². The Bertz CT molecular complexity index is 614. The summed E-state index contributed by atoms with van der Waals surface area (Å²) in [4.78, 5) is 12.2. The number of aromatic carboxylic acids is 1. The van der Waals surface area contributed by atoms with Crippen molar-refractivity contribution in [3.63, 3.8) is 0 Å². The van der Waals surface area contributed by atoms with Gasteiger partial charge in [-0.15, -0.1) is 11.8 Å². The van der Waals surface area contributed by atoms with E-state index in [1.807, 2.05) is 17.8 Å². The third kappa shape index (κ3) is 2.80. The van der Waals surface area contributed by atoms with E-state index in [1.54, 1.807) is 24.3 Å². The lowest BCUT2D eigenvalue weighted by Gasteiger charge is -2.11. The maximum absolute atomic E-state index is 10.9. The lowest BCUT2D eigenvalue weighted by molar-refractivity contribution is 0.0696. The molecule has 1 atom stereocenters. The Morgan fingerprint density at radius 2 is 2.10 bits per heavy atom. The first-order valence-corrected chi connectivity index (χ1v) is 7.31. The molecule has 0 aromatic heterocycles. The molecule has 0 spiro atoms. The lowest BCUT2D eigenvalue weighted by atomic mass is 10.1. The van der Waals surface area contributed by atoms with Crippen LogP contribution in [0.25, 0.3) is 0 Å². The number of hydrogen-bond acceptors (Lipinski definition) is 3. The Morgan fingerprint density at radius 3 is 2.90 bits per heavy atom. The second-order valence-electron chi connectivity index (χ2n) is 4.70. The van der Waals surface area contributed by atoms with Crippen molar-refractivity contribution < 1.29 is 14.6 Å². The molecule has 0 fully saturated rings. The highest BCUT2D eigenvalue weighted by Crippen LogP contribution is 2.36. The molecule has 2 aromatic carbocycles. The number of carbonyl (C=O) groups is 1. The standard InChI is InChI=1S/C16H14O3S/c17-16(18)12-5-3-6-13(8-12)19-10-14-9-11-4-1-2-7-15(11)20-14/h1-8,14H,9-10H2,(H,17,18). The Hall–Kier alpha value is -1.94. The Kier molecular flexibility index (Phi) is 3.65. The largest absolute Gasteiger partial charge is 0.492 e. The van der Waals surface area contributed by atoms with E-state index in [0.717, 1.165) is 6.42 Å². The molecule has 0 aliphatic carbocycles. The van der Waals surface area contributed by atoms with Crippen LogP contribution in [0.5, 0.6) is 5.75 Å². The normalized spacial score (nSPS) is 16.7. The average molecular weight is 286 g/mol. The topological polar surface area (TPSA) is 46.5 Å². The van der Waals surface area contributed by atoms with E-state index >= 15 is 0 Å². The molecule has 1 N–H and O–H groups in total. The fourth-order valence-electron chi connectivity index (χ4n) is 2.25. The minimum absolute atomic E-state index is 0.255. The monoisotopic (exact) mass is 286 g/mol. The maximum Gasteiger partial charge on any atom is 0.335 e. The molecule has 0 radical (unpaired) electrons. The second-order valence-corrected chi connectivity index (χ2v) is 6.04. The molecule has 102 valence electrons. The summed E-state index contributed by atoms with van der Waals surface area (Å²) in [6, 6.07) is 15.0. The Morgan fingerprint density at radius 1 is 1.25 bits per heavy atom. The Balaban J connectivity index is 1.61. The molecule has 1 heterocycles. The Labute approximate surface area is 121 Å². The summed E-state index contributed by atoms with van der Waals surface area (Å²) in [5.41, 5.74) is 1.62.